The molecule has 3 heteroatoms. The summed E-state index contributed by atoms with van der Waals surface area (Å²) in [6.45, 7) is 4.41. The van der Waals surface area contributed by atoms with Crippen molar-refractivity contribution in [2.75, 3.05) is 0 Å². The van der Waals surface area contributed by atoms with Gasteiger partial charge in [0, 0.05) is 10.6 Å². The Morgan fingerprint density at radius 2 is 1.92 bits per heavy atom. The van der Waals surface area contributed by atoms with Crippen LogP contribution in [0.15, 0.2) is 0 Å². The Hall–Kier alpha value is -0.150. The van der Waals surface area contributed by atoms with Crippen molar-refractivity contribution in [2.24, 2.45) is 0 Å². The van der Waals surface area contributed by atoms with E-state index < -0.39 is 0 Å². The number of hydrogen-bond acceptors (Lipinski definition) is 2. The van der Waals surface area contributed by atoms with E-state index in [2.05, 4.69) is 18.8 Å². The van der Waals surface area contributed by atoms with Gasteiger partial charge < -0.3 is 4.98 Å². The number of hydrogen-bond donors (Lipinski definition) is 1. The molecule has 0 aliphatic rings. The molecule has 0 fully saturated rings. The van der Waals surface area contributed by atoms with Crippen molar-refractivity contribution in [1.29, 1.82) is 0 Å². The molecule has 0 aromatic carbocycles. The third-order valence-corrected chi connectivity index (χ3v) is 3.12. The summed E-state index contributed by atoms with van der Waals surface area (Å²) in [7, 11) is 0. The van der Waals surface area contributed by atoms with E-state index in [9.17, 15) is 0 Å². The van der Waals surface area contributed by atoms with E-state index in [0.29, 0.717) is 0 Å². The molecular weight excluding hydrogens is 186 g/mol. The van der Waals surface area contributed by atoms with Crippen LogP contribution in [0.1, 0.15) is 37.3 Å². The highest BCUT2D eigenvalue weighted by molar-refractivity contribution is 7.73. The molecule has 1 aromatic rings. The van der Waals surface area contributed by atoms with Crippen LogP contribution in [0.25, 0.3) is 0 Å². The number of nitrogens with one attached hydrogen (secondary N) is 1. The van der Waals surface area contributed by atoms with Crippen LogP contribution >= 0.6 is 23.6 Å². The Kier molecular flexibility index (Phi) is 3.95. The highest BCUT2D eigenvalue weighted by Gasteiger charge is 2.03. The van der Waals surface area contributed by atoms with Gasteiger partial charge in [-0.2, -0.15) is 0 Å². The zero-order valence-corrected chi connectivity index (χ0v) is 9.28. The van der Waals surface area contributed by atoms with Crippen molar-refractivity contribution >= 4 is 23.6 Å². The highest BCUT2D eigenvalue weighted by atomic mass is 32.1. The summed E-state index contributed by atoms with van der Waals surface area (Å²) in [4.78, 5) is 4.73. The van der Waals surface area contributed by atoms with Gasteiger partial charge in [-0.05, 0) is 25.1 Å². The van der Waals surface area contributed by atoms with E-state index in [0.717, 1.165) is 10.4 Å². The first-order valence-corrected chi connectivity index (χ1v) is 5.71. The molecular formula is C9H15NS2. The number of thiazole rings is 1. The molecule has 0 saturated heterocycles. The molecule has 0 radical (unpaired) electrons. The lowest BCUT2D eigenvalue weighted by Crippen LogP contribution is -1.89. The fourth-order valence-corrected chi connectivity index (χ4v) is 2.68. The van der Waals surface area contributed by atoms with Gasteiger partial charge in [-0.15, -0.1) is 11.3 Å². The summed E-state index contributed by atoms with van der Waals surface area (Å²) in [6, 6.07) is 0. The Labute approximate surface area is 82.8 Å². The van der Waals surface area contributed by atoms with Crippen LogP contribution < -0.4 is 0 Å². The van der Waals surface area contributed by atoms with Gasteiger partial charge in [0.2, 0.25) is 0 Å². The van der Waals surface area contributed by atoms with Gasteiger partial charge >= 0.3 is 0 Å². The molecule has 0 aliphatic heterocycles. The van der Waals surface area contributed by atoms with E-state index >= 15 is 0 Å². The third-order valence-electron chi connectivity index (χ3n) is 1.78. The van der Waals surface area contributed by atoms with E-state index in [1.54, 1.807) is 11.3 Å². The Balaban J connectivity index is 2.84. The van der Waals surface area contributed by atoms with Crippen LogP contribution in [0.2, 0.25) is 0 Å². The van der Waals surface area contributed by atoms with Crippen molar-refractivity contribution in [1.82, 2.24) is 4.98 Å². The standard InChI is InChI=1S/C9H15NS2/c1-3-5-7-8(6-4-2)12-9(11)10-7/h3-6H2,1-2H3,(H,10,11). The molecule has 0 aliphatic carbocycles. The average Bonchev–Trinajstić information content (AvgIpc) is 2.33. The fraction of sp³-hybridized carbons (Fsp3) is 0.667. The summed E-state index contributed by atoms with van der Waals surface area (Å²) < 4.78 is 0.932. The molecule has 1 rings (SSSR count). The Morgan fingerprint density at radius 3 is 2.50 bits per heavy atom. The molecule has 0 amide bonds. The van der Waals surface area contributed by atoms with Gasteiger partial charge in [0.05, 0.1) is 0 Å². The molecule has 1 heterocycles. The predicted octanol–water partition coefficient (Wildman–Crippen LogP) is 3.71. The second kappa shape index (κ2) is 4.77. The predicted molar refractivity (Wildman–Crippen MR) is 57.5 cm³/mol. The SMILES string of the molecule is CCCc1[nH]c(=S)sc1CCC. The van der Waals surface area contributed by atoms with Crippen molar-refractivity contribution in [2.45, 2.75) is 39.5 Å². The molecule has 0 unspecified atom stereocenters. The quantitative estimate of drug-likeness (QED) is 0.734. The fourth-order valence-electron chi connectivity index (χ4n) is 1.27. The normalized spacial score (nSPS) is 10.5. The van der Waals surface area contributed by atoms with E-state index in [1.165, 1.54) is 29.8 Å². The summed E-state index contributed by atoms with van der Waals surface area (Å²) in [6.07, 6.45) is 4.72. The lowest BCUT2D eigenvalue weighted by molar-refractivity contribution is 0.850. The van der Waals surface area contributed by atoms with Crippen molar-refractivity contribution in [3.8, 4) is 0 Å². The van der Waals surface area contributed by atoms with Crippen LogP contribution in [-0.2, 0) is 12.8 Å². The van der Waals surface area contributed by atoms with Crippen molar-refractivity contribution in [3.63, 3.8) is 0 Å². The molecule has 1 N–H and O–H groups in total. The first-order chi connectivity index (χ1) is 5.77. The second-order valence-electron chi connectivity index (χ2n) is 2.92. The minimum absolute atomic E-state index is 0.932. The number of rotatable bonds is 4. The Morgan fingerprint density at radius 1 is 1.25 bits per heavy atom. The number of aromatic amines is 1. The van der Waals surface area contributed by atoms with Gasteiger partial charge in [-0.1, -0.05) is 26.7 Å². The van der Waals surface area contributed by atoms with Gasteiger partial charge in [-0.25, -0.2) is 0 Å². The topological polar surface area (TPSA) is 15.8 Å². The largest absolute Gasteiger partial charge is 0.341 e. The minimum Gasteiger partial charge on any atom is -0.341 e. The monoisotopic (exact) mass is 201 g/mol. The smallest absolute Gasteiger partial charge is 0.158 e. The molecule has 12 heavy (non-hydrogen) atoms. The molecule has 68 valence electrons. The molecule has 1 nitrogen and oxygen atoms in total. The zero-order valence-electron chi connectivity index (χ0n) is 7.64. The number of aromatic nitrogens is 1. The first kappa shape index (κ1) is 9.93. The lowest BCUT2D eigenvalue weighted by Gasteiger charge is -1.97. The summed E-state index contributed by atoms with van der Waals surface area (Å²) in [5.74, 6) is 0. The molecule has 0 bridgehead atoms. The maximum Gasteiger partial charge on any atom is 0.158 e. The van der Waals surface area contributed by atoms with Crippen molar-refractivity contribution in [3.05, 3.63) is 14.5 Å². The summed E-state index contributed by atoms with van der Waals surface area (Å²) in [5, 5.41) is 0. The molecule has 0 saturated carbocycles. The maximum atomic E-state index is 5.11. The molecule has 0 spiro atoms. The lowest BCUT2D eigenvalue weighted by atomic mass is 10.2. The van der Waals surface area contributed by atoms with Crippen LogP contribution in [0, 0.1) is 3.95 Å². The summed E-state index contributed by atoms with van der Waals surface area (Å²) in [5.41, 5.74) is 1.37. The van der Waals surface area contributed by atoms with Crippen LogP contribution in [0.4, 0.5) is 0 Å². The van der Waals surface area contributed by atoms with E-state index in [4.69, 9.17) is 12.2 Å². The first-order valence-electron chi connectivity index (χ1n) is 4.48. The van der Waals surface area contributed by atoms with E-state index in [-0.39, 0.29) is 0 Å². The van der Waals surface area contributed by atoms with Crippen molar-refractivity contribution < 1.29 is 0 Å². The molecule has 1 aromatic heterocycles. The van der Waals surface area contributed by atoms with Gasteiger partial charge in [0.1, 0.15) is 0 Å². The highest BCUT2D eigenvalue weighted by Crippen LogP contribution is 2.18. The van der Waals surface area contributed by atoms with Crippen LogP contribution in [0.5, 0.6) is 0 Å². The van der Waals surface area contributed by atoms with Gasteiger partial charge in [-0.3, -0.25) is 0 Å². The number of aryl methyl sites for hydroxylation is 2. The maximum absolute atomic E-state index is 5.11. The Bertz CT molecular complexity index is 258. The van der Waals surface area contributed by atoms with Gasteiger partial charge in [0.25, 0.3) is 0 Å². The summed E-state index contributed by atoms with van der Waals surface area (Å²) >= 11 is 6.85. The van der Waals surface area contributed by atoms with Crippen LogP contribution in [0.3, 0.4) is 0 Å². The van der Waals surface area contributed by atoms with E-state index in [1.807, 2.05) is 0 Å². The van der Waals surface area contributed by atoms with Gasteiger partial charge in [0.15, 0.2) is 3.95 Å². The molecule has 0 atom stereocenters. The third kappa shape index (κ3) is 2.42. The zero-order chi connectivity index (χ0) is 8.97. The second-order valence-corrected chi connectivity index (χ2v) is 4.69. The number of H-pyrrole nitrogens is 1. The average molecular weight is 201 g/mol. The van der Waals surface area contributed by atoms with Crippen LogP contribution in [-0.4, -0.2) is 4.98 Å². The minimum atomic E-state index is 0.932.